The maximum Gasteiger partial charge on any atom is 0.269 e. The van der Waals surface area contributed by atoms with Gasteiger partial charge in [0.2, 0.25) is 5.75 Å². The van der Waals surface area contributed by atoms with Gasteiger partial charge in [-0.2, -0.15) is 0 Å². The highest BCUT2D eigenvalue weighted by Crippen LogP contribution is 2.38. The Labute approximate surface area is 197 Å². The van der Waals surface area contributed by atoms with E-state index in [1.54, 1.807) is 24.3 Å². The van der Waals surface area contributed by atoms with Crippen molar-refractivity contribution in [2.45, 2.75) is 0 Å². The van der Waals surface area contributed by atoms with Crippen molar-refractivity contribution in [3.8, 4) is 28.7 Å². The molecule has 0 aliphatic heterocycles. The number of ether oxygens (including phenoxy) is 5. The van der Waals surface area contributed by atoms with Crippen molar-refractivity contribution in [2.75, 3.05) is 34.5 Å². The number of hydrogen-bond acceptors (Lipinski definition) is 7. The Hall–Kier alpha value is -4.40. The average Bonchev–Trinajstić information content (AvgIpc) is 2.89. The number of hydrazine groups is 1. The van der Waals surface area contributed by atoms with Crippen LogP contribution >= 0.6 is 0 Å². The molecule has 0 saturated carbocycles. The molecule has 9 heteroatoms. The van der Waals surface area contributed by atoms with E-state index in [2.05, 4.69) is 10.9 Å². The number of nitrogens with one attached hydrogen (secondary N) is 2. The van der Waals surface area contributed by atoms with Gasteiger partial charge in [-0.1, -0.05) is 24.3 Å². The van der Waals surface area contributed by atoms with Gasteiger partial charge in [0.25, 0.3) is 11.8 Å². The van der Waals surface area contributed by atoms with Gasteiger partial charge in [-0.15, -0.1) is 0 Å². The topological polar surface area (TPSA) is 104 Å². The van der Waals surface area contributed by atoms with Gasteiger partial charge in [0.1, 0.15) is 24.7 Å². The number of carbonyl (C=O) groups is 2. The molecule has 2 N–H and O–H groups in total. The summed E-state index contributed by atoms with van der Waals surface area (Å²) in [6.45, 7) is 0.656. The molecular formula is C25H26N2O7. The van der Waals surface area contributed by atoms with Crippen molar-refractivity contribution in [1.82, 2.24) is 10.9 Å². The summed E-state index contributed by atoms with van der Waals surface area (Å²) in [6.07, 6.45) is 0. The minimum Gasteiger partial charge on any atom is -0.493 e. The van der Waals surface area contributed by atoms with Gasteiger partial charge in [-0.25, -0.2) is 0 Å². The second-order valence-electron chi connectivity index (χ2n) is 6.86. The first-order valence-electron chi connectivity index (χ1n) is 10.4. The first-order chi connectivity index (χ1) is 16.5. The van der Waals surface area contributed by atoms with E-state index < -0.39 is 11.8 Å². The predicted molar refractivity (Wildman–Crippen MR) is 125 cm³/mol. The molecule has 0 saturated heterocycles. The summed E-state index contributed by atoms with van der Waals surface area (Å²) < 4.78 is 27.0. The van der Waals surface area contributed by atoms with Gasteiger partial charge in [-0.3, -0.25) is 20.4 Å². The highest BCUT2D eigenvalue weighted by molar-refractivity contribution is 5.99. The van der Waals surface area contributed by atoms with Crippen molar-refractivity contribution in [3.05, 3.63) is 77.9 Å². The molecule has 0 fully saturated rings. The van der Waals surface area contributed by atoms with Gasteiger partial charge in [0.15, 0.2) is 11.5 Å². The first kappa shape index (κ1) is 24.2. The Morgan fingerprint density at radius 2 is 1.21 bits per heavy atom. The lowest BCUT2D eigenvalue weighted by molar-refractivity contribution is 0.0846. The molecule has 178 valence electrons. The summed E-state index contributed by atoms with van der Waals surface area (Å²) in [5.41, 5.74) is 5.29. The molecular weight excluding hydrogens is 440 g/mol. The van der Waals surface area contributed by atoms with E-state index in [-0.39, 0.29) is 5.56 Å². The SMILES string of the molecule is COc1cc(C(=O)NNC(=O)c2cccc(OCCOc3ccccc3)c2)cc(OC)c1OC. The Morgan fingerprint density at radius 3 is 1.79 bits per heavy atom. The highest BCUT2D eigenvalue weighted by atomic mass is 16.5. The van der Waals surface area contributed by atoms with Crippen LogP contribution in [0.25, 0.3) is 0 Å². The summed E-state index contributed by atoms with van der Waals surface area (Å²) >= 11 is 0. The maximum absolute atomic E-state index is 12.6. The number of para-hydroxylation sites is 1. The highest BCUT2D eigenvalue weighted by Gasteiger charge is 2.17. The standard InChI is InChI=1S/C25H26N2O7/c1-30-21-15-18(16-22(31-2)23(21)32-3)25(29)27-26-24(28)17-8-7-11-20(14-17)34-13-12-33-19-9-5-4-6-10-19/h4-11,14-16H,12-13H2,1-3H3,(H,26,28)(H,27,29). The van der Waals surface area contributed by atoms with Crippen LogP contribution in [0.1, 0.15) is 20.7 Å². The minimum absolute atomic E-state index is 0.213. The number of amides is 2. The first-order valence-corrected chi connectivity index (χ1v) is 10.4. The van der Waals surface area contributed by atoms with E-state index in [0.717, 1.165) is 5.75 Å². The van der Waals surface area contributed by atoms with Crippen LogP contribution in [0.4, 0.5) is 0 Å². The molecule has 0 radical (unpaired) electrons. The lowest BCUT2D eigenvalue weighted by Gasteiger charge is -2.14. The Morgan fingerprint density at radius 1 is 0.647 bits per heavy atom. The fourth-order valence-corrected chi connectivity index (χ4v) is 3.03. The fraction of sp³-hybridized carbons (Fsp3) is 0.200. The number of rotatable bonds is 10. The van der Waals surface area contributed by atoms with E-state index in [4.69, 9.17) is 23.7 Å². The molecule has 0 spiro atoms. The molecule has 0 atom stereocenters. The van der Waals surface area contributed by atoms with Crippen molar-refractivity contribution in [3.63, 3.8) is 0 Å². The molecule has 3 rings (SSSR count). The van der Waals surface area contributed by atoms with Crippen molar-refractivity contribution in [1.29, 1.82) is 0 Å². The molecule has 0 aliphatic carbocycles. The zero-order chi connectivity index (χ0) is 24.3. The largest absolute Gasteiger partial charge is 0.493 e. The molecule has 0 bridgehead atoms. The normalized spacial score (nSPS) is 10.1. The van der Waals surface area contributed by atoms with E-state index in [1.165, 1.54) is 33.5 Å². The monoisotopic (exact) mass is 466 g/mol. The van der Waals surface area contributed by atoms with Crippen LogP contribution in [-0.2, 0) is 0 Å². The summed E-state index contributed by atoms with van der Waals surface area (Å²) in [5, 5.41) is 0. The van der Waals surface area contributed by atoms with Crippen LogP contribution in [0.3, 0.4) is 0 Å². The second-order valence-corrected chi connectivity index (χ2v) is 6.86. The third-order valence-corrected chi connectivity index (χ3v) is 4.68. The van der Waals surface area contributed by atoms with Crippen LogP contribution < -0.4 is 34.5 Å². The molecule has 2 amide bonds. The fourth-order valence-electron chi connectivity index (χ4n) is 3.03. The summed E-state index contributed by atoms with van der Waals surface area (Å²) in [4.78, 5) is 25.1. The number of benzene rings is 3. The molecule has 0 heterocycles. The smallest absolute Gasteiger partial charge is 0.269 e. The van der Waals surface area contributed by atoms with Crippen LogP contribution in [0, 0.1) is 0 Å². The van der Waals surface area contributed by atoms with E-state index in [9.17, 15) is 9.59 Å². The average molecular weight is 466 g/mol. The van der Waals surface area contributed by atoms with E-state index >= 15 is 0 Å². The maximum atomic E-state index is 12.6. The number of methoxy groups -OCH3 is 3. The Kier molecular flexibility index (Phi) is 8.56. The van der Waals surface area contributed by atoms with Gasteiger partial charge in [-0.05, 0) is 42.5 Å². The summed E-state index contributed by atoms with van der Waals surface area (Å²) in [6, 6.07) is 19.0. The van der Waals surface area contributed by atoms with Crippen LogP contribution in [-0.4, -0.2) is 46.4 Å². The quantitative estimate of drug-likeness (QED) is 0.349. The molecule has 0 aliphatic rings. The Balaban J connectivity index is 1.55. The third-order valence-electron chi connectivity index (χ3n) is 4.68. The van der Waals surface area contributed by atoms with E-state index in [1.807, 2.05) is 30.3 Å². The molecule has 34 heavy (non-hydrogen) atoms. The van der Waals surface area contributed by atoms with Crippen molar-refractivity contribution in [2.24, 2.45) is 0 Å². The van der Waals surface area contributed by atoms with Crippen LogP contribution in [0.2, 0.25) is 0 Å². The molecule has 3 aromatic carbocycles. The van der Waals surface area contributed by atoms with E-state index in [0.29, 0.717) is 41.8 Å². The van der Waals surface area contributed by atoms with Crippen molar-refractivity contribution >= 4 is 11.8 Å². The molecule has 3 aromatic rings. The van der Waals surface area contributed by atoms with Crippen LogP contribution in [0.5, 0.6) is 28.7 Å². The third kappa shape index (κ3) is 6.32. The minimum atomic E-state index is -0.557. The predicted octanol–water partition coefficient (Wildman–Crippen LogP) is 3.25. The molecule has 9 nitrogen and oxygen atoms in total. The zero-order valence-corrected chi connectivity index (χ0v) is 19.1. The van der Waals surface area contributed by atoms with Gasteiger partial charge in [0.05, 0.1) is 21.3 Å². The van der Waals surface area contributed by atoms with Gasteiger partial charge in [0, 0.05) is 11.1 Å². The lowest BCUT2D eigenvalue weighted by atomic mass is 10.1. The number of hydrogen-bond donors (Lipinski definition) is 2. The molecule has 0 aromatic heterocycles. The Bertz CT molecular complexity index is 1090. The molecule has 0 unspecified atom stereocenters. The van der Waals surface area contributed by atoms with Crippen molar-refractivity contribution < 1.29 is 33.3 Å². The van der Waals surface area contributed by atoms with Gasteiger partial charge < -0.3 is 23.7 Å². The number of carbonyl (C=O) groups excluding carboxylic acids is 2. The second kappa shape index (κ2) is 12.0. The lowest BCUT2D eigenvalue weighted by Crippen LogP contribution is -2.41. The zero-order valence-electron chi connectivity index (χ0n) is 19.1. The summed E-state index contributed by atoms with van der Waals surface area (Å²) in [7, 11) is 4.36. The van der Waals surface area contributed by atoms with Gasteiger partial charge >= 0.3 is 0 Å². The summed E-state index contributed by atoms with van der Waals surface area (Å²) in [5.74, 6) is 1.18. The van der Waals surface area contributed by atoms with Crippen LogP contribution in [0.15, 0.2) is 66.7 Å².